The van der Waals surface area contributed by atoms with Crippen molar-refractivity contribution < 1.29 is 18.4 Å². The van der Waals surface area contributed by atoms with Crippen LogP contribution in [0.1, 0.15) is 23.1 Å². The lowest BCUT2D eigenvalue weighted by molar-refractivity contribution is 0.0937. The van der Waals surface area contributed by atoms with E-state index < -0.39 is 5.91 Å². The van der Waals surface area contributed by atoms with Crippen molar-refractivity contribution in [3.8, 4) is 17.2 Å². The number of carbonyl (C=O) groups excluding carboxylic acids is 1. The second-order valence-corrected chi connectivity index (χ2v) is 5.15. The van der Waals surface area contributed by atoms with E-state index in [1.165, 1.54) is 24.3 Å². The van der Waals surface area contributed by atoms with E-state index in [-0.39, 0.29) is 24.1 Å². The summed E-state index contributed by atoms with van der Waals surface area (Å²) < 4.78 is 23.5. The molecule has 1 amide bonds. The molecule has 128 valence electrons. The highest BCUT2D eigenvalue weighted by atomic mass is 19.1. The molecule has 0 fully saturated rings. The number of halogens is 1. The fraction of sp³-hybridized carbons (Fsp3) is 0.167. The van der Waals surface area contributed by atoms with Crippen LogP contribution in [0.15, 0.2) is 53.1 Å². The molecule has 0 radical (unpaired) electrons. The summed E-state index contributed by atoms with van der Waals surface area (Å²) in [5, 5.41) is 6.39. The number of carbonyl (C=O) groups is 1. The zero-order valence-corrected chi connectivity index (χ0v) is 13.5. The van der Waals surface area contributed by atoms with Crippen molar-refractivity contribution in [3.05, 3.63) is 65.7 Å². The SMILES string of the molecule is CCOc1ccccc1CNC(=O)c1noc(-c2ccc(F)cc2)n1. The lowest BCUT2D eigenvalue weighted by atomic mass is 10.2. The molecule has 0 atom stereocenters. The molecule has 1 N–H and O–H groups in total. The molecule has 0 saturated carbocycles. The number of hydrogen-bond donors (Lipinski definition) is 1. The molecule has 6 nitrogen and oxygen atoms in total. The van der Waals surface area contributed by atoms with E-state index >= 15 is 0 Å². The second kappa shape index (κ2) is 7.57. The number of aromatic nitrogens is 2. The van der Waals surface area contributed by atoms with E-state index in [2.05, 4.69) is 15.5 Å². The Bertz CT molecular complexity index is 862. The third-order valence-electron chi connectivity index (χ3n) is 3.43. The third-order valence-corrected chi connectivity index (χ3v) is 3.43. The highest BCUT2D eigenvalue weighted by Gasteiger charge is 2.16. The Morgan fingerprint density at radius 3 is 2.72 bits per heavy atom. The minimum Gasteiger partial charge on any atom is -0.494 e. The van der Waals surface area contributed by atoms with Gasteiger partial charge in [-0.2, -0.15) is 4.98 Å². The molecule has 0 unspecified atom stereocenters. The van der Waals surface area contributed by atoms with Gasteiger partial charge in [0.05, 0.1) is 6.61 Å². The maximum absolute atomic E-state index is 12.9. The highest BCUT2D eigenvalue weighted by Crippen LogP contribution is 2.19. The van der Waals surface area contributed by atoms with Crippen LogP contribution < -0.4 is 10.1 Å². The highest BCUT2D eigenvalue weighted by molar-refractivity contribution is 5.90. The Balaban J connectivity index is 1.67. The molecular formula is C18H16FN3O3. The first-order chi connectivity index (χ1) is 12.2. The number of hydrogen-bond acceptors (Lipinski definition) is 5. The van der Waals surface area contributed by atoms with Crippen LogP contribution in [0.25, 0.3) is 11.5 Å². The first kappa shape index (κ1) is 16.6. The van der Waals surface area contributed by atoms with Crippen LogP contribution in [-0.2, 0) is 6.54 Å². The van der Waals surface area contributed by atoms with Gasteiger partial charge in [-0.15, -0.1) is 0 Å². The fourth-order valence-electron chi connectivity index (χ4n) is 2.23. The predicted octanol–water partition coefficient (Wildman–Crippen LogP) is 3.20. The summed E-state index contributed by atoms with van der Waals surface area (Å²) in [6.07, 6.45) is 0. The van der Waals surface area contributed by atoms with E-state index in [9.17, 15) is 9.18 Å². The maximum atomic E-state index is 12.9. The molecule has 0 aliphatic heterocycles. The molecule has 7 heteroatoms. The van der Waals surface area contributed by atoms with Crippen LogP contribution in [0.4, 0.5) is 4.39 Å². The van der Waals surface area contributed by atoms with Crippen molar-refractivity contribution in [2.45, 2.75) is 13.5 Å². The molecule has 0 aliphatic carbocycles. The lowest BCUT2D eigenvalue weighted by Crippen LogP contribution is -2.24. The Hall–Kier alpha value is -3.22. The molecule has 3 rings (SSSR count). The van der Waals surface area contributed by atoms with Gasteiger partial charge < -0.3 is 14.6 Å². The van der Waals surface area contributed by atoms with Gasteiger partial charge in [-0.3, -0.25) is 4.79 Å². The van der Waals surface area contributed by atoms with Gasteiger partial charge in [-0.1, -0.05) is 23.4 Å². The number of rotatable bonds is 6. The van der Waals surface area contributed by atoms with Crippen LogP contribution in [0.2, 0.25) is 0 Å². The fourth-order valence-corrected chi connectivity index (χ4v) is 2.23. The summed E-state index contributed by atoms with van der Waals surface area (Å²) in [4.78, 5) is 16.2. The summed E-state index contributed by atoms with van der Waals surface area (Å²) in [5.41, 5.74) is 1.38. The third kappa shape index (κ3) is 4.00. The number of ether oxygens (including phenoxy) is 1. The van der Waals surface area contributed by atoms with E-state index in [4.69, 9.17) is 9.26 Å². The summed E-state index contributed by atoms with van der Waals surface area (Å²) in [6, 6.07) is 13.0. The first-order valence-corrected chi connectivity index (χ1v) is 7.76. The van der Waals surface area contributed by atoms with Crippen LogP contribution >= 0.6 is 0 Å². The average molecular weight is 341 g/mol. The van der Waals surface area contributed by atoms with E-state index in [1.54, 1.807) is 0 Å². The van der Waals surface area contributed by atoms with Gasteiger partial charge in [0.25, 0.3) is 17.6 Å². The molecule has 0 saturated heterocycles. The number of amides is 1. The minimum absolute atomic E-state index is 0.0896. The van der Waals surface area contributed by atoms with Gasteiger partial charge in [-0.25, -0.2) is 4.39 Å². The van der Waals surface area contributed by atoms with Crippen molar-refractivity contribution in [3.63, 3.8) is 0 Å². The van der Waals surface area contributed by atoms with Gasteiger partial charge in [0.15, 0.2) is 0 Å². The molecule has 3 aromatic rings. The van der Waals surface area contributed by atoms with E-state index in [1.807, 2.05) is 31.2 Å². The van der Waals surface area contributed by atoms with Crippen molar-refractivity contribution in [2.24, 2.45) is 0 Å². The van der Waals surface area contributed by atoms with Crippen molar-refractivity contribution in [1.82, 2.24) is 15.5 Å². The molecular weight excluding hydrogens is 325 g/mol. The van der Waals surface area contributed by atoms with Crippen molar-refractivity contribution in [1.29, 1.82) is 0 Å². The quantitative estimate of drug-likeness (QED) is 0.745. The standard InChI is InChI=1S/C18H16FN3O3/c1-2-24-15-6-4-3-5-13(15)11-20-17(23)16-21-18(25-22-16)12-7-9-14(19)10-8-12/h3-10H,2,11H2,1H3,(H,20,23). The average Bonchev–Trinajstić information content (AvgIpc) is 3.12. The van der Waals surface area contributed by atoms with Gasteiger partial charge in [0.2, 0.25) is 0 Å². The minimum atomic E-state index is -0.469. The lowest BCUT2D eigenvalue weighted by Gasteiger charge is -2.09. The summed E-state index contributed by atoms with van der Waals surface area (Å²) >= 11 is 0. The zero-order chi connectivity index (χ0) is 17.6. The van der Waals surface area contributed by atoms with Crippen LogP contribution in [0.3, 0.4) is 0 Å². The summed E-state index contributed by atoms with van der Waals surface area (Å²) in [7, 11) is 0. The Labute approximate surface area is 143 Å². The van der Waals surface area contributed by atoms with Gasteiger partial charge in [0.1, 0.15) is 11.6 Å². The maximum Gasteiger partial charge on any atom is 0.292 e. The summed E-state index contributed by atoms with van der Waals surface area (Å²) in [6.45, 7) is 2.71. The van der Waals surface area contributed by atoms with Crippen LogP contribution in [0, 0.1) is 5.82 Å². The van der Waals surface area contributed by atoms with E-state index in [0.717, 1.165) is 5.56 Å². The molecule has 1 aromatic heterocycles. The molecule has 1 heterocycles. The smallest absolute Gasteiger partial charge is 0.292 e. The monoisotopic (exact) mass is 341 g/mol. The number of benzene rings is 2. The number of nitrogens with one attached hydrogen (secondary N) is 1. The Morgan fingerprint density at radius 2 is 1.96 bits per heavy atom. The number of nitrogens with zero attached hydrogens (tertiary/aromatic N) is 2. The molecule has 0 spiro atoms. The Morgan fingerprint density at radius 1 is 1.20 bits per heavy atom. The van der Waals surface area contributed by atoms with Gasteiger partial charge >= 0.3 is 0 Å². The molecule has 25 heavy (non-hydrogen) atoms. The van der Waals surface area contributed by atoms with Crippen LogP contribution in [-0.4, -0.2) is 22.7 Å². The normalized spacial score (nSPS) is 10.5. The Kier molecular flexibility index (Phi) is 5.03. The zero-order valence-electron chi connectivity index (χ0n) is 13.5. The first-order valence-electron chi connectivity index (χ1n) is 7.76. The van der Waals surface area contributed by atoms with Crippen molar-refractivity contribution in [2.75, 3.05) is 6.61 Å². The molecule has 0 aliphatic rings. The second-order valence-electron chi connectivity index (χ2n) is 5.15. The largest absolute Gasteiger partial charge is 0.494 e. The summed E-state index contributed by atoms with van der Waals surface area (Å²) in [5.74, 6) is -0.0592. The molecule has 2 aromatic carbocycles. The van der Waals surface area contributed by atoms with Crippen LogP contribution in [0.5, 0.6) is 5.75 Å². The van der Waals surface area contributed by atoms with Crippen molar-refractivity contribution >= 4 is 5.91 Å². The van der Waals surface area contributed by atoms with Gasteiger partial charge in [-0.05, 0) is 37.3 Å². The number of para-hydroxylation sites is 1. The predicted molar refractivity (Wildman–Crippen MR) is 88.5 cm³/mol. The van der Waals surface area contributed by atoms with E-state index in [0.29, 0.717) is 17.9 Å². The molecule has 0 bridgehead atoms. The van der Waals surface area contributed by atoms with Gasteiger partial charge in [0, 0.05) is 17.7 Å². The topological polar surface area (TPSA) is 77.2 Å².